The number of nitrogens with zero attached hydrogens (tertiary/aromatic N) is 2. The number of hydrogen-bond donors (Lipinski definition) is 1. The van der Waals surface area contributed by atoms with Crippen molar-refractivity contribution in [1.29, 1.82) is 5.26 Å². The zero-order valence-electron chi connectivity index (χ0n) is 17.3. The molecule has 1 heterocycles. The molecule has 8 heteroatoms. The van der Waals surface area contributed by atoms with Gasteiger partial charge in [0.05, 0.1) is 4.92 Å². The molecule has 0 aliphatic carbocycles. The maximum atomic E-state index is 12.3. The number of nitro groups is 1. The zero-order chi connectivity index (χ0) is 22.5. The van der Waals surface area contributed by atoms with E-state index in [2.05, 4.69) is 19.2 Å². The summed E-state index contributed by atoms with van der Waals surface area (Å²) in [6, 6.07) is 14.8. The summed E-state index contributed by atoms with van der Waals surface area (Å²) in [7, 11) is 0. The van der Waals surface area contributed by atoms with Crippen molar-refractivity contribution in [2.45, 2.75) is 26.7 Å². The van der Waals surface area contributed by atoms with Crippen molar-refractivity contribution in [2.75, 3.05) is 11.9 Å². The first-order valence-electron chi connectivity index (χ1n) is 9.60. The molecule has 0 spiro atoms. The van der Waals surface area contributed by atoms with Crippen LogP contribution >= 0.6 is 0 Å². The van der Waals surface area contributed by atoms with Crippen LogP contribution in [0.25, 0.3) is 11.3 Å². The van der Waals surface area contributed by atoms with Crippen molar-refractivity contribution in [1.82, 2.24) is 0 Å². The first-order valence-corrected chi connectivity index (χ1v) is 9.60. The van der Waals surface area contributed by atoms with E-state index in [0.717, 1.165) is 5.56 Å². The second-order valence-electron chi connectivity index (χ2n) is 7.28. The van der Waals surface area contributed by atoms with Crippen molar-refractivity contribution >= 4 is 17.5 Å². The molecule has 31 heavy (non-hydrogen) atoms. The van der Waals surface area contributed by atoms with Gasteiger partial charge in [-0.2, -0.15) is 5.26 Å². The predicted molar refractivity (Wildman–Crippen MR) is 115 cm³/mol. The number of benzene rings is 2. The Bertz CT molecular complexity index is 1170. The number of amides is 1. The lowest BCUT2D eigenvalue weighted by Crippen LogP contribution is -2.20. The van der Waals surface area contributed by atoms with Crippen molar-refractivity contribution in [3.8, 4) is 23.1 Å². The van der Waals surface area contributed by atoms with Gasteiger partial charge in [0.25, 0.3) is 11.6 Å². The summed E-state index contributed by atoms with van der Waals surface area (Å²) >= 11 is 0. The summed E-state index contributed by atoms with van der Waals surface area (Å²) in [6.07, 6.45) is 0. The molecule has 0 unspecified atom stereocenters. The van der Waals surface area contributed by atoms with Gasteiger partial charge in [0, 0.05) is 23.8 Å². The fourth-order valence-corrected chi connectivity index (χ4v) is 3.18. The van der Waals surface area contributed by atoms with Crippen molar-refractivity contribution in [3.05, 3.63) is 75.3 Å². The third-order valence-corrected chi connectivity index (χ3v) is 4.68. The summed E-state index contributed by atoms with van der Waals surface area (Å²) < 4.78 is 11.1. The lowest BCUT2D eigenvalue weighted by atomic mass is 9.98. The number of non-ortho nitro benzene ring substituents is 1. The number of hydrogen-bond acceptors (Lipinski definition) is 6. The van der Waals surface area contributed by atoms with Gasteiger partial charge in [-0.15, -0.1) is 0 Å². The first kappa shape index (κ1) is 21.6. The number of nitro benzene ring substituents is 1. The normalized spacial score (nSPS) is 10.5. The summed E-state index contributed by atoms with van der Waals surface area (Å²) in [5, 5.41) is 22.8. The van der Waals surface area contributed by atoms with Gasteiger partial charge in [-0.1, -0.05) is 32.0 Å². The molecule has 0 saturated heterocycles. The Labute approximate surface area is 179 Å². The largest absolute Gasteiger partial charge is 0.484 e. The van der Waals surface area contributed by atoms with Crippen LogP contribution in [0.15, 0.2) is 52.9 Å². The minimum absolute atomic E-state index is 0.0380. The lowest BCUT2D eigenvalue weighted by molar-refractivity contribution is -0.384. The van der Waals surface area contributed by atoms with Crippen LogP contribution in [0.4, 0.5) is 11.6 Å². The number of aryl methyl sites for hydroxylation is 1. The highest BCUT2D eigenvalue weighted by Gasteiger charge is 2.17. The molecule has 2 aromatic carbocycles. The highest BCUT2D eigenvalue weighted by molar-refractivity contribution is 5.92. The second-order valence-corrected chi connectivity index (χ2v) is 7.28. The number of nitrogens with one attached hydrogen (secondary N) is 1. The molecule has 1 aromatic heterocycles. The highest BCUT2D eigenvalue weighted by atomic mass is 16.6. The van der Waals surface area contributed by atoms with E-state index >= 15 is 0 Å². The van der Waals surface area contributed by atoms with Crippen molar-refractivity contribution in [2.24, 2.45) is 0 Å². The smallest absolute Gasteiger partial charge is 0.270 e. The summed E-state index contributed by atoms with van der Waals surface area (Å²) in [5.74, 6) is 0.651. The number of nitriles is 1. The van der Waals surface area contributed by atoms with E-state index in [1.807, 2.05) is 31.2 Å². The summed E-state index contributed by atoms with van der Waals surface area (Å²) in [6.45, 7) is 5.93. The topological polar surface area (TPSA) is 118 Å². The fraction of sp³-hybridized carbons (Fsp3) is 0.217. The standard InChI is InChI=1S/C23H21N3O5/c1-14(2)20-8-7-19(9-15(20)3)30-13-22(27)25-23-17(12-24)11-21(31-23)16-5-4-6-18(10-16)26(28)29/h4-11,14H,13H2,1-3H3,(H,25,27). The van der Waals surface area contributed by atoms with Gasteiger partial charge >= 0.3 is 0 Å². The molecule has 0 radical (unpaired) electrons. The maximum absolute atomic E-state index is 12.3. The highest BCUT2D eigenvalue weighted by Crippen LogP contribution is 2.31. The fourth-order valence-electron chi connectivity index (χ4n) is 3.18. The van der Waals surface area contributed by atoms with Gasteiger partial charge in [0.1, 0.15) is 23.1 Å². The third-order valence-electron chi connectivity index (χ3n) is 4.68. The van der Waals surface area contributed by atoms with Crippen LogP contribution in [0.1, 0.15) is 36.5 Å². The number of anilines is 1. The Balaban J connectivity index is 1.70. The van der Waals surface area contributed by atoms with Crippen LogP contribution in [0.5, 0.6) is 5.75 Å². The average molecular weight is 419 g/mol. The first-order chi connectivity index (χ1) is 14.8. The van der Waals surface area contributed by atoms with Crippen molar-refractivity contribution < 1.29 is 18.9 Å². The van der Waals surface area contributed by atoms with Crippen LogP contribution in [0.3, 0.4) is 0 Å². The van der Waals surface area contributed by atoms with Gasteiger partial charge in [0.2, 0.25) is 5.88 Å². The number of rotatable bonds is 7. The lowest BCUT2D eigenvalue weighted by Gasteiger charge is -2.12. The molecule has 0 aliphatic rings. The zero-order valence-corrected chi connectivity index (χ0v) is 17.3. The van der Waals surface area contributed by atoms with Gasteiger partial charge < -0.3 is 9.15 Å². The molecule has 3 aromatic rings. The van der Waals surface area contributed by atoms with Crippen molar-refractivity contribution in [3.63, 3.8) is 0 Å². The Morgan fingerprint density at radius 2 is 2.03 bits per heavy atom. The third kappa shape index (κ3) is 5.08. The number of carbonyl (C=O) groups is 1. The number of ether oxygens (including phenoxy) is 1. The van der Waals surface area contributed by atoms with Crippen LogP contribution < -0.4 is 10.1 Å². The SMILES string of the molecule is Cc1cc(OCC(=O)Nc2oc(-c3cccc([N+](=O)[O-])c3)cc2C#N)ccc1C(C)C. The van der Waals surface area contributed by atoms with Gasteiger partial charge in [0.15, 0.2) is 6.61 Å². The molecular formula is C23H21N3O5. The number of furan rings is 1. The number of carbonyl (C=O) groups excluding carboxylic acids is 1. The molecular weight excluding hydrogens is 398 g/mol. The molecule has 0 atom stereocenters. The van der Waals surface area contributed by atoms with Gasteiger partial charge in [-0.05, 0) is 36.1 Å². The molecule has 0 bridgehead atoms. The average Bonchev–Trinajstić information content (AvgIpc) is 3.15. The van der Waals surface area contributed by atoms with Gasteiger partial charge in [-0.3, -0.25) is 20.2 Å². The molecule has 0 fully saturated rings. The minimum atomic E-state index is -0.521. The monoisotopic (exact) mass is 419 g/mol. The molecule has 1 amide bonds. The van der Waals surface area contributed by atoms with Crippen LogP contribution in [-0.2, 0) is 4.79 Å². The van der Waals surface area contributed by atoms with E-state index in [9.17, 15) is 20.2 Å². The maximum Gasteiger partial charge on any atom is 0.270 e. The molecule has 8 nitrogen and oxygen atoms in total. The van der Waals surface area contributed by atoms with E-state index in [4.69, 9.17) is 9.15 Å². The predicted octanol–water partition coefficient (Wildman–Crippen LogP) is 5.18. The van der Waals surface area contributed by atoms with Crippen LogP contribution in [0, 0.1) is 28.4 Å². The summed E-state index contributed by atoms with van der Waals surface area (Å²) in [4.78, 5) is 22.8. The van der Waals surface area contributed by atoms with E-state index in [1.54, 1.807) is 6.07 Å². The molecule has 0 saturated carbocycles. The van der Waals surface area contributed by atoms with E-state index in [0.29, 0.717) is 17.2 Å². The minimum Gasteiger partial charge on any atom is -0.484 e. The molecule has 0 aliphatic heterocycles. The Kier molecular flexibility index (Phi) is 6.36. The van der Waals surface area contributed by atoms with E-state index < -0.39 is 10.8 Å². The molecule has 3 rings (SSSR count). The Hall–Kier alpha value is -4.12. The van der Waals surface area contributed by atoms with E-state index in [-0.39, 0.29) is 29.5 Å². The molecule has 158 valence electrons. The van der Waals surface area contributed by atoms with Gasteiger partial charge in [-0.25, -0.2) is 0 Å². The van der Waals surface area contributed by atoms with Crippen LogP contribution in [0.2, 0.25) is 0 Å². The quantitative estimate of drug-likeness (QED) is 0.416. The summed E-state index contributed by atoms with van der Waals surface area (Å²) in [5.41, 5.74) is 2.70. The molecule has 1 N–H and O–H groups in total. The van der Waals surface area contributed by atoms with Crippen LogP contribution in [-0.4, -0.2) is 17.4 Å². The van der Waals surface area contributed by atoms with E-state index in [1.165, 1.54) is 29.8 Å². The Morgan fingerprint density at radius 1 is 1.26 bits per heavy atom. The second kappa shape index (κ2) is 9.13. The Morgan fingerprint density at radius 3 is 2.68 bits per heavy atom.